The van der Waals surface area contributed by atoms with Crippen molar-refractivity contribution < 1.29 is 18.0 Å². The smallest absolute Gasteiger partial charge is 0.496 e. The van der Waals surface area contributed by atoms with E-state index in [-0.39, 0.29) is 0 Å². The fourth-order valence-electron chi connectivity index (χ4n) is 2.52. The lowest BCUT2D eigenvalue weighted by molar-refractivity contribution is 0.0701. The van der Waals surface area contributed by atoms with Crippen molar-refractivity contribution in [1.82, 2.24) is 0 Å². The second-order valence-electron chi connectivity index (χ2n) is 4.92. The predicted octanol–water partition coefficient (Wildman–Crippen LogP) is 3.44. The van der Waals surface area contributed by atoms with Gasteiger partial charge in [0.25, 0.3) is 0 Å². The summed E-state index contributed by atoms with van der Waals surface area (Å²) < 4.78 is 23.4. The molecule has 0 heterocycles. The van der Waals surface area contributed by atoms with Crippen LogP contribution in [-0.2, 0) is 19.3 Å². The van der Waals surface area contributed by atoms with E-state index < -0.39 is 8.80 Å². The second kappa shape index (κ2) is 8.53. The Labute approximate surface area is 129 Å². The number of methoxy groups -OCH3 is 1. The summed E-state index contributed by atoms with van der Waals surface area (Å²) in [7, 11) is -1.02. The highest BCUT2D eigenvalue weighted by molar-refractivity contribution is 6.60. The average molecular weight is 312 g/mol. The maximum Gasteiger partial charge on any atom is 0.505 e. The average Bonchev–Trinajstić information content (AvgIpc) is 2.42. The van der Waals surface area contributed by atoms with Gasteiger partial charge < -0.3 is 18.0 Å². The molecule has 4 nitrogen and oxygen atoms in total. The van der Waals surface area contributed by atoms with Crippen LogP contribution in [-0.4, -0.2) is 35.7 Å². The largest absolute Gasteiger partial charge is 0.505 e. The fourth-order valence-corrected chi connectivity index (χ4v) is 5.28. The molecular formula is C16H28O4Si. The first kappa shape index (κ1) is 18.2. The SMILES string of the molecule is CCO[Si](Cc1c(C)cc(C)cc1OC)(OCC)OCC. The van der Waals surface area contributed by atoms with Gasteiger partial charge in [-0.25, -0.2) is 0 Å². The molecule has 0 N–H and O–H groups in total. The Balaban J connectivity index is 3.18. The third kappa shape index (κ3) is 4.81. The lowest BCUT2D eigenvalue weighted by Gasteiger charge is -2.29. The van der Waals surface area contributed by atoms with Crippen LogP contribution in [0.15, 0.2) is 12.1 Å². The molecule has 0 aromatic heterocycles. The molecule has 0 saturated carbocycles. The fraction of sp³-hybridized carbons (Fsp3) is 0.625. The Morgan fingerprint density at radius 3 is 1.86 bits per heavy atom. The van der Waals surface area contributed by atoms with Crippen molar-refractivity contribution in [3.05, 3.63) is 28.8 Å². The van der Waals surface area contributed by atoms with Crippen molar-refractivity contribution in [1.29, 1.82) is 0 Å². The van der Waals surface area contributed by atoms with Gasteiger partial charge in [-0.05, 0) is 51.8 Å². The van der Waals surface area contributed by atoms with Crippen LogP contribution in [0.4, 0.5) is 0 Å². The van der Waals surface area contributed by atoms with E-state index in [1.165, 1.54) is 11.1 Å². The van der Waals surface area contributed by atoms with Crippen molar-refractivity contribution in [2.75, 3.05) is 26.9 Å². The van der Waals surface area contributed by atoms with Crippen LogP contribution in [0.1, 0.15) is 37.5 Å². The number of rotatable bonds is 9. The van der Waals surface area contributed by atoms with E-state index in [0.29, 0.717) is 25.9 Å². The predicted molar refractivity (Wildman–Crippen MR) is 86.8 cm³/mol. The summed E-state index contributed by atoms with van der Waals surface area (Å²) in [6.07, 6.45) is 0. The highest BCUT2D eigenvalue weighted by Crippen LogP contribution is 2.29. The van der Waals surface area contributed by atoms with Gasteiger partial charge in [0.05, 0.1) is 7.11 Å². The van der Waals surface area contributed by atoms with Crippen LogP contribution >= 0.6 is 0 Å². The van der Waals surface area contributed by atoms with E-state index in [2.05, 4.69) is 19.9 Å². The zero-order chi connectivity index (χ0) is 15.9. The maximum absolute atomic E-state index is 5.94. The van der Waals surface area contributed by atoms with Crippen molar-refractivity contribution in [3.8, 4) is 5.75 Å². The van der Waals surface area contributed by atoms with E-state index in [4.69, 9.17) is 18.0 Å². The van der Waals surface area contributed by atoms with Crippen LogP contribution in [0.25, 0.3) is 0 Å². The molecule has 0 unspecified atom stereocenters. The first-order valence-corrected chi connectivity index (χ1v) is 9.51. The van der Waals surface area contributed by atoms with Gasteiger partial charge in [0.15, 0.2) is 0 Å². The molecule has 0 bridgehead atoms. The third-order valence-corrected chi connectivity index (χ3v) is 6.25. The minimum Gasteiger partial charge on any atom is -0.496 e. The van der Waals surface area contributed by atoms with Crippen LogP contribution in [0.5, 0.6) is 5.75 Å². The van der Waals surface area contributed by atoms with Crippen molar-refractivity contribution in [3.63, 3.8) is 0 Å². The number of aryl methyl sites for hydroxylation is 2. The molecule has 0 radical (unpaired) electrons. The van der Waals surface area contributed by atoms with Crippen LogP contribution in [0.2, 0.25) is 0 Å². The standard InChI is InChI=1S/C16H28O4Si/c1-7-18-21(19-8-2,20-9-3)12-15-14(5)10-13(4)11-16(15)17-6/h10-11H,7-9,12H2,1-6H3. The van der Waals surface area contributed by atoms with Crippen molar-refractivity contribution in [2.24, 2.45) is 0 Å². The van der Waals surface area contributed by atoms with E-state index >= 15 is 0 Å². The molecule has 0 amide bonds. The molecule has 0 aliphatic heterocycles. The summed E-state index contributed by atoms with van der Waals surface area (Å²) in [6, 6.07) is 4.84. The van der Waals surface area contributed by atoms with Gasteiger partial charge in [0.1, 0.15) is 5.75 Å². The Kier molecular flexibility index (Phi) is 7.38. The van der Waals surface area contributed by atoms with Crippen LogP contribution in [0, 0.1) is 13.8 Å². The van der Waals surface area contributed by atoms with Crippen molar-refractivity contribution in [2.45, 2.75) is 40.7 Å². The summed E-state index contributed by atoms with van der Waals surface area (Å²) in [6.45, 7) is 11.8. The summed E-state index contributed by atoms with van der Waals surface area (Å²) in [4.78, 5) is 0. The van der Waals surface area contributed by atoms with Gasteiger partial charge >= 0.3 is 8.80 Å². The van der Waals surface area contributed by atoms with E-state index in [1.54, 1.807) is 7.11 Å². The summed E-state index contributed by atoms with van der Waals surface area (Å²) in [5.74, 6) is 0.878. The lowest BCUT2D eigenvalue weighted by atomic mass is 10.1. The van der Waals surface area contributed by atoms with Gasteiger partial charge in [-0.1, -0.05) is 6.07 Å². The first-order chi connectivity index (χ1) is 10.0. The first-order valence-electron chi connectivity index (χ1n) is 7.57. The second-order valence-corrected chi connectivity index (χ2v) is 7.51. The number of ether oxygens (including phenoxy) is 1. The Morgan fingerprint density at radius 2 is 1.43 bits per heavy atom. The molecule has 1 aromatic rings. The molecule has 120 valence electrons. The van der Waals surface area contributed by atoms with Crippen molar-refractivity contribution >= 4 is 8.80 Å². The third-order valence-electron chi connectivity index (χ3n) is 3.28. The van der Waals surface area contributed by atoms with Gasteiger partial charge in [-0.15, -0.1) is 0 Å². The number of hydrogen-bond donors (Lipinski definition) is 0. The topological polar surface area (TPSA) is 36.9 Å². The van der Waals surface area contributed by atoms with Gasteiger partial charge in [0, 0.05) is 31.4 Å². The van der Waals surface area contributed by atoms with E-state index in [0.717, 1.165) is 11.3 Å². The maximum atomic E-state index is 5.94. The quantitative estimate of drug-likeness (QED) is 0.655. The monoisotopic (exact) mass is 312 g/mol. The zero-order valence-corrected chi connectivity index (χ0v) is 15.1. The van der Waals surface area contributed by atoms with Gasteiger partial charge in [-0.3, -0.25) is 0 Å². The molecule has 0 aliphatic rings. The number of hydrogen-bond acceptors (Lipinski definition) is 4. The zero-order valence-electron chi connectivity index (χ0n) is 14.1. The van der Waals surface area contributed by atoms with Gasteiger partial charge in [-0.2, -0.15) is 0 Å². The highest BCUT2D eigenvalue weighted by Gasteiger charge is 2.41. The molecule has 1 aromatic carbocycles. The number of benzene rings is 1. The van der Waals surface area contributed by atoms with Crippen LogP contribution < -0.4 is 4.74 Å². The van der Waals surface area contributed by atoms with E-state index in [1.807, 2.05) is 26.8 Å². The Hall–Kier alpha value is -0.883. The summed E-state index contributed by atoms with van der Waals surface area (Å²) in [5, 5.41) is 0. The normalized spacial score (nSPS) is 11.7. The minimum atomic E-state index is -2.71. The highest BCUT2D eigenvalue weighted by atomic mass is 28.4. The minimum absolute atomic E-state index is 0.583. The van der Waals surface area contributed by atoms with Gasteiger partial charge in [0.2, 0.25) is 0 Å². The molecule has 0 aliphatic carbocycles. The molecule has 0 saturated heterocycles. The molecule has 0 spiro atoms. The Morgan fingerprint density at radius 1 is 0.905 bits per heavy atom. The van der Waals surface area contributed by atoms with Crippen LogP contribution in [0.3, 0.4) is 0 Å². The Bertz CT molecular complexity index is 431. The molecule has 1 rings (SSSR count). The lowest BCUT2D eigenvalue weighted by Crippen LogP contribution is -2.48. The molecule has 0 atom stereocenters. The molecule has 0 fully saturated rings. The molecular weight excluding hydrogens is 284 g/mol. The summed E-state index contributed by atoms with van der Waals surface area (Å²) in [5.41, 5.74) is 3.48. The molecule has 21 heavy (non-hydrogen) atoms. The molecule has 5 heteroatoms. The van der Waals surface area contributed by atoms with E-state index in [9.17, 15) is 0 Å². The summed E-state index contributed by atoms with van der Waals surface area (Å²) >= 11 is 0.